The summed E-state index contributed by atoms with van der Waals surface area (Å²) < 4.78 is 16.4. The van der Waals surface area contributed by atoms with E-state index >= 15 is 0 Å². The summed E-state index contributed by atoms with van der Waals surface area (Å²) in [5, 5.41) is 0.434. The normalized spacial score (nSPS) is 10.5. The first-order chi connectivity index (χ1) is 11.9. The lowest BCUT2D eigenvalue weighted by atomic mass is 10.1. The molecule has 0 aliphatic heterocycles. The maximum atomic E-state index is 13.8. The molecule has 0 aliphatic rings. The second-order valence-corrected chi connectivity index (χ2v) is 6.49. The predicted molar refractivity (Wildman–Crippen MR) is 105 cm³/mol. The van der Waals surface area contributed by atoms with Gasteiger partial charge in [0.1, 0.15) is 11.6 Å². The molecule has 0 N–H and O–H groups in total. The molecule has 0 aliphatic carbocycles. The van der Waals surface area contributed by atoms with E-state index in [1.807, 2.05) is 45.9 Å². The van der Waals surface area contributed by atoms with Crippen molar-refractivity contribution >= 4 is 26.8 Å². The number of hydrogen-bond acceptors (Lipinski definition) is 2. The summed E-state index contributed by atoms with van der Waals surface area (Å²) in [6.45, 7) is 9.53. The Balaban J connectivity index is 0.00000109. The molecule has 0 fully saturated rings. The molecule has 2 aromatic carbocycles. The molecule has 0 atom stereocenters. The van der Waals surface area contributed by atoms with Crippen molar-refractivity contribution in [2.24, 2.45) is 0 Å². The van der Waals surface area contributed by atoms with Gasteiger partial charge in [-0.25, -0.2) is 9.37 Å². The Morgan fingerprint density at radius 3 is 2.40 bits per heavy atom. The van der Waals surface area contributed by atoms with Gasteiger partial charge in [-0.1, -0.05) is 36.7 Å². The van der Waals surface area contributed by atoms with Gasteiger partial charge in [-0.2, -0.15) is 0 Å². The third kappa shape index (κ3) is 3.66. The van der Waals surface area contributed by atoms with Crippen LogP contribution >= 0.6 is 15.9 Å². The number of nitrogens with zero attached hydrogens (tertiary/aromatic N) is 2. The lowest BCUT2D eigenvalue weighted by Crippen LogP contribution is -2.24. The van der Waals surface area contributed by atoms with Gasteiger partial charge in [0.05, 0.1) is 16.6 Å². The van der Waals surface area contributed by atoms with Crippen LogP contribution in [0.15, 0.2) is 39.6 Å². The maximum Gasteiger partial charge on any atom is 0.265 e. The Hall–Kier alpha value is -2.01. The van der Waals surface area contributed by atoms with Gasteiger partial charge in [-0.05, 0) is 49.2 Å². The minimum Gasteiger partial charge on any atom is -0.268 e. The summed E-state index contributed by atoms with van der Waals surface area (Å²) in [4.78, 5) is 17.5. The Bertz CT molecular complexity index is 980. The molecule has 132 valence electrons. The first kappa shape index (κ1) is 19.3. The molecule has 0 saturated heterocycles. The Morgan fingerprint density at radius 1 is 1.12 bits per heavy atom. The van der Waals surface area contributed by atoms with E-state index in [1.165, 1.54) is 6.07 Å². The number of aromatic nitrogens is 2. The van der Waals surface area contributed by atoms with Crippen LogP contribution in [0.4, 0.5) is 4.39 Å². The fraction of sp³-hybridized carbons (Fsp3) is 0.300. The summed E-state index contributed by atoms with van der Waals surface area (Å²) in [5.74, 6) is 0.278. The van der Waals surface area contributed by atoms with Crippen LogP contribution in [0.1, 0.15) is 37.7 Å². The van der Waals surface area contributed by atoms with Gasteiger partial charge in [0, 0.05) is 17.0 Å². The van der Waals surface area contributed by atoms with Gasteiger partial charge < -0.3 is 0 Å². The van der Waals surface area contributed by atoms with Crippen LogP contribution in [0.2, 0.25) is 0 Å². The van der Waals surface area contributed by atoms with Gasteiger partial charge >= 0.3 is 0 Å². The molecule has 5 heteroatoms. The highest BCUT2D eigenvalue weighted by molar-refractivity contribution is 9.10. The number of aryl methyl sites for hydroxylation is 3. The average molecular weight is 405 g/mol. The van der Waals surface area contributed by atoms with Crippen molar-refractivity contribution in [1.29, 1.82) is 0 Å². The van der Waals surface area contributed by atoms with Gasteiger partial charge in [-0.3, -0.25) is 9.36 Å². The van der Waals surface area contributed by atoms with Crippen molar-refractivity contribution in [3.63, 3.8) is 0 Å². The Morgan fingerprint density at radius 2 is 1.80 bits per heavy atom. The van der Waals surface area contributed by atoms with E-state index in [1.54, 1.807) is 17.6 Å². The van der Waals surface area contributed by atoms with Crippen molar-refractivity contribution in [3.8, 4) is 5.69 Å². The van der Waals surface area contributed by atoms with Crippen molar-refractivity contribution in [2.75, 3.05) is 0 Å². The lowest BCUT2D eigenvalue weighted by Gasteiger charge is -2.15. The van der Waals surface area contributed by atoms with Crippen LogP contribution in [-0.4, -0.2) is 9.55 Å². The van der Waals surface area contributed by atoms with E-state index in [-0.39, 0.29) is 11.4 Å². The zero-order valence-corrected chi connectivity index (χ0v) is 16.7. The minimum atomic E-state index is -0.343. The fourth-order valence-electron chi connectivity index (χ4n) is 2.72. The number of benzene rings is 2. The van der Waals surface area contributed by atoms with Crippen molar-refractivity contribution in [3.05, 3.63) is 67.9 Å². The first-order valence-corrected chi connectivity index (χ1v) is 9.20. The average Bonchev–Trinajstić information content (AvgIpc) is 2.59. The molecule has 0 amide bonds. The number of fused-ring (bicyclic) bond motifs is 1. The third-order valence-corrected chi connectivity index (χ3v) is 4.43. The highest BCUT2D eigenvalue weighted by atomic mass is 79.9. The van der Waals surface area contributed by atoms with Gasteiger partial charge in [0.25, 0.3) is 5.56 Å². The molecule has 0 bridgehead atoms. The smallest absolute Gasteiger partial charge is 0.265 e. The van der Waals surface area contributed by atoms with Gasteiger partial charge in [-0.15, -0.1) is 0 Å². The summed E-state index contributed by atoms with van der Waals surface area (Å²) >= 11 is 3.44. The van der Waals surface area contributed by atoms with E-state index in [0.29, 0.717) is 28.7 Å². The van der Waals surface area contributed by atoms with Crippen LogP contribution in [0, 0.1) is 19.7 Å². The second kappa shape index (κ2) is 7.91. The van der Waals surface area contributed by atoms with Crippen LogP contribution in [-0.2, 0) is 6.42 Å². The van der Waals surface area contributed by atoms with E-state index < -0.39 is 0 Å². The Labute approximate surface area is 155 Å². The molecule has 1 aromatic heterocycles. The largest absolute Gasteiger partial charge is 0.268 e. The maximum absolute atomic E-state index is 13.8. The lowest BCUT2D eigenvalue weighted by molar-refractivity contribution is 0.620. The molecule has 3 nitrogen and oxygen atoms in total. The van der Waals surface area contributed by atoms with Gasteiger partial charge in [0.15, 0.2) is 0 Å². The SMILES string of the molecule is CC.CCc1nc2cc(F)c(C)cc2c(=O)n1-c1ccc(Br)cc1C. The highest BCUT2D eigenvalue weighted by Gasteiger charge is 2.15. The van der Waals surface area contributed by atoms with Gasteiger partial charge in [0.2, 0.25) is 0 Å². The van der Waals surface area contributed by atoms with Crippen LogP contribution < -0.4 is 5.56 Å². The molecular formula is C20H22BrFN2O. The van der Waals surface area contributed by atoms with Crippen LogP contribution in [0.3, 0.4) is 0 Å². The molecule has 0 saturated carbocycles. The highest BCUT2D eigenvalue weighted by Crippen LogP contribution is 2.21. The number of rotatable bonds is 2. The topological polar surface area (TPSA) is 34.9 Å². The summed E-state index contributed by atoms with van der Waals surface area (Å²) in [6, 6.07) is 8.66. The molecule has 3 rings (SSSR count). The summed E-state index contributed by atoms with van der Waals surface area (Å²) in [7, 11) is 0. The molecule has 0 radical (unpaired) electrons. The van der Waals surface area contributed by atoms with Crippen LogP contribution in [0.25, 0.3) is 16.6 Å². The first-order valence-electron chi connectivity index (χ1n) is 8.40. The van der Waals surface area contributed by atoms with E-state index in [0.717, 1.165) is 15.7 Å². The predicted octanol–water partition coefficient (Wildman–Crippen LogP) is 5.49. The van der Waals surface area contributed by atoms with E-state index in [2.05, 4.69) is 20.9 Å². The Kier molecular flexibility index (Phi) is 6.11. The zero-order chi connectivity index (χ0) is 18.7. The third-order valence-electron chi connectivity index (χ3n) is 3.93. The molecular weight excluding hydrogens is 383 g/mol. The molecule has 0 spiro atoms. The summed E-state index contributed by atoms with van der Waals surface area (Å²) in [5.41, 5.74) is 2.45. The standard InChI is InChI=1S/C18H16BrFN2O.C2H6/c1-4-17-21-15-9-14(20)10(2)8-13(15)18(23)22(17)16-6-5-12(19)7-11(16)3;1-2/h5-9H,4H2,1-3H3;1-2H3. The summed E-state index contributed by atoms with van der Waals surface area (Å²) in [6.07, 6.45) is 0.580. The monoisotopic (exact) mass is 404 g/mol. The molecule has 1 heterocycles. The van der Waals surface area contributed by atoms with Crippen LogP contribution in [0.5, 0.6) is 0 Å². The van der Waals surface area contributed by atoms with Crippen molar-refractivity contribution < 1.29 is 4.39 Å². The molecule has 25 heavy (non-hydrogen) atoms. The number of halogens is 2. The van der Waals surface area contributed by atoms with Crippen molar-refractivity contribution in [2.45, 2.75) is 41.0 Å². The fourth-order valence-corrected chi connectivity index (χ4v) is 3.19. The quantitative estimate of drug-likeness (QED) is 0.565. The second-order valence-electron chi connectivity index (χ2n) is 5.57. The molecule has 0 unspecified atom stereocenters. The van der Waals surface area contributed by atoms with E-state index in [4.69, 9.17) is 0 Å². The molecule has 3 aromatic rings. The minimum absolute atomic E-state index is 0.166. The van der Waals surface area contributed by atoms with Crippen molar-refractivity contribution in [1.82, 2.24) is 9.55 Å². The zero-order valence-electron chi connectivity index (χ0n) is 15.2. The van der Waals surface area contributed by atoms with E-state index in [9.17, 15) is 9.18 Å². The number of hydrogen-bond donors (Lipinski definition) is 0.